The van der Waals surface area contributed by atoms with Gasteiger partial charge in [0, 0.05) is 16.0 Å². The van der Waals surface area contributed by atoms with Crippen LogP contribution in [0.2, 0.25) is 10.0 Å². The Labute approximate surface area is 312 Å². The summed E-state index contributed by atoms with van der Waals surface area (Å²) in [5.74, 6) is 0.0573. The van der Waals surface area contributed by atoms with Crippen LogP contribution in [0, 0.1) is 5.41 Å². The maximum atomic E-state index is 6.42. The largest absolute Gasteiger partial charge is 0.0843 e. The topological polar surface area (TPSA) is 0 Å². The molecule has 0 N–H and O–H groups in total. The van der Waals surface area contributed by atoms with E-state index in [-0.39, 0.29) is 11.3 Å². The summed E-state index contributed by atoms with van der Waals surface area (Å²) in [4.78, 5) is 0. The van der Waals surface area contributed by atoms with Crippen molar-refractivity contribution >= 4 is 28.8 Å². The van der Waals surface area contributed by atoms with Gasteiger partial charge in [-0.25, -0.2) is 0 Å². The zero-order valence-electron chi connectivity index (χ0n) is 29.5. The highest BCUT2D eigenvalue weighted by Gasteiger charge is 2.34. The zero-order valence-corrected chi connectivity index (χ0v) is 31.0. The lowest BCUT2D eigenvalue weighted by Gasteiger charge is -2.25. The van der Waals surface area contributed by atoms with Gasteiger partial charge in [-0.05, 0) is 127 Å². The molecule has 0 saturated heterocycles. The van der Waals surface area contributed by atoms with Gasteiger partial charge in [-0.15, -0.1) is 0 Å². The molecule has 2 aliphatic rings. The fourth-order valence-electron chi connectivity index (χ4n) is 7.93. The minimum absolute atomic E-state index is 0.0284. The fourth-order valence-corrected chi connectivity index (χ4v) is 8.19. The summed E-state index contributed by atoms with van der Waals surface area (Å²) in [6.45, 7) is 9.26. The third-order valence-electron chi connectivity index (χ3n) is 10.6. The highest BCUT2D eigenvalue weighted by molar-refractivity contribution is 6.31. The maximum Gasteiger partial charge on any atom is 0.0406 e. The normalized spacial score (nSPS) is 14.8. The number of halogens is 2. The summed E-state index contributed by atoms with van der Waals surface area (Å²) in [5.41, 5.74) is 19.3. The van der Waals surface area contributed by atoms with E-state index >= 15 is 0 Å². The molecule has 2 aliphatic carbocycles. The number of hydrogen-bond acceptors (Lipinski definition) is 0. The summed E-state index contributed by atoms with van der Waals surface area (Å²) in [6, 6.07) is 49.8. The molecule has 51 heavy (non-hydrogen) atoms. The van der Waals surface area contributed by atoms with E-state index in [0.29, 0.717) is 0 Å². The van der Waals surface area contributed by atoms with Crippen molar-refractivity contribution in [3.63, 3.8) is 0 Å². The van der Waals surface area contributed by atoms with E-state index in [1.807, 2.05) is 24.3 Å². The molecule has 0 aromatic heterocycles. The first kappa shape index (κ1) is 33.3. The van der Waals surface area contributed by atoms with E-state index in [9.17, 15) is 0 Å². The molecule has 0 spiro atoms. The number of benzene rings is 6. The molecule has 0 amide bonds. The standard InChI is InChI=1S/C49H40Cl2/c1-31(47(34-15-20-39(50)21-16-34)35-17-22-40(51)23-18-35)44-29-38(49(2,3)4)30-46(44)48-42(33-13-9-6-10-14-33)25-26-43-41-24-19-36(27-37(41)28-45(43)48)32-11-7-5-8-12-32/h5-27,29-30,46H,28H2,1-4H3. The van der Waals surface area contributed by atoms with Gasteiger partial charge in [0.05, 0.1) is 0 Å². The van der Waals surface area contributed by atoms with E-state index < -0.39 is 0 Å². The van der Waals surface area contributed by atoms with Gasteiger partial charge in [0.1, 0.15) is 0 Å². The zero-order chi connectivity index (χ0) is 35.3. The average molecular weight is 700 g/mol. The molecule has 8 rings (SSSR count). The van der Waals surface area contributed by atoms with Crippen molar-refractivity contribution in [3.8, 4) is 33.4 Å². The highest BCUT2D eigenvalue weighted by Crippen LogP contribution is 2.52. The Morgan fingerprint density at radius 2 is 1.14 bits per heavy atom. The first-order valence-corrected chi connectivity index (χ1v) is 18.5. The summed E-state index contributed by atoms with van der Waals surface area (Å²) < 4.78 is 0. The average Bonchev–Trinajstić information content (AvgIpc) is 3.76. The Balaban J connectivity index is 1.36. The van der Waals surface area contributed by atoms with Gasteiger partial charge >= 0.3 is 0 Å². The van der Waals surface area contributed by atoms with Gasteiger partial charge in [-0.1, -0.05) is 171 Å². The van der Waals surface area contributed by atoms with Crippen molar-refractivity contribution in [2.45, 2.75) is 40.0 Å². The molecule has 0 radical (unpaired) electrons. The highest BCUT2D eigenvalue weighted by atomic mass is 35.5. The molecule has 0 bridgehead atoms. The summed E-state index contributed by atoms with van der Waals surface area (Å²) >= 11 is 12.8. The molecule has 0 fully saturated rings. The third kappa shape index (κ3) is 6.33. The Hall–Kier alpha value is -4.88. The van der Waals surface area contributed by atoms with E-state index in [1.54, 1.807) is 0 Å². The van der Waals surface area contributed by atoms with E-state index in [1.165, 1.54) is 72.4 Å². The van der Waals surface area contributed by atoms with E-state index in [0.717, 1.165) is 27.6 Å². The lowest BCUT2D eigenvalue weighted by Crippen LogP contribution is -2.07. The second-order valence-corrected chi connectivity index (χ2v) is 15.7. The molecule has 1 atom stereocenters. The van der Waals surface area contributed by atoms with Crippen molar-refractivity contribution in [1.29, 1.82) is 0 Å². The predicted molar refractivity (Wildman–Crippen MR) is 219 cm³/mol. The quantitative estimate of drug-likeness (QED) is 0.162. The van der Waals surface area contributed by atoms with Crippen LogP contribution in [0.1, 0.15) is 61.4 Å². The second kappa shape index (κ2) is 13.3. The molecule has 0 saturated carbocycles. The van der Waals surface area contributed by atoms with Crippen LogP contribution in [0.4, 0.5) is 0 Å². The van der Waals surface area contributed by atoms with Crippen LogP contribution in [-0.4, -0.2) is 0 Å². The predicted octanol–water partition coefficient (Wildman–Crippen LogP) is 14.4. The second-order valence-electron chi connectivity index (χ2n) is 14.8. The number of allylic oxidation sites excluding steroid dienone is 5. The number of hydrogen-bond donors (Lipinski definition) is 0. The van der Waals surface area contributed by atoms with Gasteiger partial charge in [-0.2, -0.15) is 0 Å². The molecule has 0 nitrogen and oxygen atoms in total. The Morgan fingerprint density at radius 1 is 0.588 bits per heavy atom. The molecule has 0 aliphatic heterocycles. The van der Waals surface area contributed by atoms with Crippen molar-refractivity contribution in [3.05, 3.63) is 206 Å². The van der Waals surface area contributed by atoms with Crippen molar-refractivity contribution in [1.82, 2.24) is 0 Å². The SMILES string of the molecule is CC(C1=CC(C(C)(C)C)=CC1c1c(-c2ccccc2)ccc2c1Cc1cc(-c3ccccc3)ccc1-2)=C(c1ccc(Cl)cc1)c1ccc(Cl)cc1. The summed E-state index contributed by atoms with van der Waals surface area (Å²) in [5, 5.41) is 1.45. The van der Waals surface area contributed by atoms with Crippen molar-refractivity contribution in [2.75, 3.05) is 0 Å². The molecule has 6 aromatic carbocycles. The van der Waals surface area contributed by atoms with Gasteiger partial charge in [0.25, 0.3) is 0 Å². The Bertz CT molecular complexity index is 2300. The Morgan fingerprint density at radius 3 is 1.73 bits per heavy atom. The minimum Gasteiger partial charge on any atom is -0.0843 e. The van der Waals surface area contributed by atoms with Gasteiger partial charge in [0.2, 0.25) is 0 Å². The van der Waals surface area contributed by atoms with Crippen molar-refractivity contribution < 1.29 is 0 Å². The van der Waals surface area contributed by atoms with Crippen molar-refractivity contribution in [2.24, 2.45) is 5.41 Å². The van der Waals surface area contributed by atoms with Crippen LogP contribution in [0.15, 0.2) is 168 Å². The smallest absolute Gasteiger partial charge is 0.0406 e. The molecule has 1 unspecified atom stereocenters. The molecule has 250 valence electrons. The summed E-state index contributed by atoms with van der Waals surface area (Å²) in [7, 11) is 0. The van der Waals surface area contributed by atoms with Gasteiger partial charge in [0.15, 0.2) is 0 Å². The summed E-state index contributed by atoms with van der Waals surface area (Å²) in [6.07, 6.45) is 5.91. The first-order chi connectivity index (χ1) is 24.7. The van der Waals surface area contributed by atoms with E-state index in [2.05, 4.69) is 155 Å². The van der Waals surface area contributed by atoms with Crippen LogP contribution in [-0.2, 0) is 6.42 Å². The third-order valence-corrected chi connectivity index (χ3v) is 11.1. The van der Waals surface area contributed by atoms with Gasteiger partial charge in [-0.3, -0.25) is 0 Å². The lowest BCUT2D eigenvalue weighted by atomic mass is 9.78. The van der Waals surface area contributed by atoms with Crippen LogP contribution in [0.5, 0.6) is 0 Å². The maximum absolute atomic E-state index is 6.42. The van der Waals surface area contributed by atoms with Gasteiger partial charge < -0.3 is 0 Å². The monoisotopic (exact) mass is 698 g/mol. The molecule has 2 heteroatoms. The molecular formula is C49H40Cl2. The number of fused-ring (bicyclic) bond motifs is 3. The number of rotatable bonds is 6. The van der Waals surface area contributed by atoms with Crippen LogP contribution in [0.3, 0.4) is 0 Å². The minimum atomic E-state index is -0.0284. The Kier molecular flexibility index (Phi) is 8.71. The molecule has 0 heterocycles. The van der Waals surface area contributed by atoms with E-state index in [4.69, 9.17) is 23.2 Å². The first-order valence-electron chi connectivity index (χ1n) is 17.7. The molecule has 6 aromatic rings. The van der Waals surface area contributed by atoms with Crippen LogP contribution < -0.4 is 0 Å². The lowest BCUT2D eigenvalue weighted by molar-refractivity contribution is 0.517. The van der Waals surface area contributed by atoms with Crippen LogP contribution >= 0.6 is 23.2 Å². The van der Waals surface area contributed by atoms with Crippen LogP contribution in [0.25, 0.3) is 39.0 Å². The fraction of sp³-hybridized carbons (Fsp3) is 0.143. The molecular weight excluding hydrogens is 659 g/mol.